The first-order chi connectivity index (χ1) is 15.6. The molecule has 3 aromatic rings. The second-order valence-corrected chi connectivity index (χ2v) is 7.12. The van der Waals surface area contributed by atoms with E-state index < -0.39 is 11.8 Å². The van der Waals surface area contributed by atoms with Crippen molar-refractivity contribution in [3.63, 3.8) is 0 Å². The number of amides is 2. The third-order valence-electron chi connectivity index (χ3n) is 4.50. The maximum atomic E-state index is 12.8. The molecule has 1 aliphatic rings. The number of benzene rings is 3. The normalized spacial score (nSPS) is 12.6. The van der Waals surface area contributed by atoms with Gasteiger partial charge in [0.05, 0.1) is 11.2 Å². The summed E-state index contributed by atoms with van der Waals surface area (Å²) in [5.41, 5.74) is 4.17. The molecule has 1 aliphatic heterocycles. The maximum absolute atomic E-state index is 12.8. The largest absolute Gasteiger partial charge is 0.454 e. The molecule has 32 heavy (non-hydrogen) atoms. The Morgan fingerprint density at radius 1 is 0.938 bits per heavy atom. The lowest BCUT2D eigenvalue weighted by Gasteiger charge is -2.09. The number of carbonyl (C=O) groups excluding carboxylic acids is 2. The van der Waals surface area contributed by atoms with Crippen molar-refractivity contribution in [3.05, 3.63) is 100 Å². The fourth-order valence-electron chi connectivity index (χ4n) is 2.91. The number of fused-ring (bicyclic) bond motifs is 1. The number of nitrogens with zero attached hydrogens (tertiary/aromatic N) is 1. The Morgan fingerprint density at radius 2 is 1.59 bits per heavy atom. The molecule has 0 bridgehead atoms. The van der Waals surface area contributed by atoms with E-state index in [1.165, 1.54) is 6.21 Å². The predicted molar refractivity (Wildman–Crippen MR) is 122 cm³/mol. The first-order valence-corrected chi connectivity index (χ1v) is 10.0. The molecule has 0 spiro atoms. The third kappa shape index (κ3) is 5.14. The van der Waals surface area contributed by atoms with Crippen LogP contribution in [0.5, 0.6) is 11.5 Å². The van der Waals surface area contributed by atoms with Crippen LogP contribution >= 0.6 is 11.6 Å². The van der Waals surface area contributed by atoms with Gasteiger partial charge in [0, 0.05) is 17.2 Å². The molecule has 160 valence electrons. The van der Waals surface area contributed by atoms with E-state index in [-0.39, 0.29) is 12.5 Å². The highest BCUT2D eigenvalue weighted by Crippen LogP contribution is 2.36. The Morgan fingerprint density at radius 3 is 2.31 bits per heavy atom. The molecule has 0 saturated heterocycles. The summed E-state index contributed by atoms with van der Waals surface area (Å²) in [6.07, 6.45) is 2.96. The number of hydrogen-bond acceptors (Lipinski definition) is 5. The zero-order valence-electron chi connectivity index (χ0n) is 16.7. The van der Waals surface area contributed by atoms with Gasteiger partial charge in [-0.15, -0.1) is 0 Å². The molecule has 1 heterocycles. The van der Waals surface area contributed by atoms with Crippen LogP contribution in [0.3, 0.4) is 0 Å². The van der Waals surface area contributed by atoms with E-state index in [0.29, 0.717) is 27.6 Å². The Labute approximate surface area is 189 Å². The zero-order chi connectivity index (χ0) is 22.3. The highest BCUT2D eigenvalue weighted by molar-refractivity contribution is 6.33. The lowest BCUT2D eigenvalue weighted by molar-refractivity contribution is -0.117. The van der Waals surface area contributed by atoms with Gasteiger partial charge in [-0.25, -0.2) is 5.43 Å². The molecule has 7 nitrogen and oxygen atoms in total. The van der Waals surface area contributed by atoms with Gasteiger partial charge >= 0.3 is 0 Å². The van der Waals surface area contributed by atoms with Gasteiger partial charge in [-0.1, -0.05) is 60.1 Å². The monoisotopic (exact) mass is 447 g/mol. The molecule has 4 rings (SSSR count). The molecule has 0 radical (unpaired) electrons. The summed E-state index contributed by atoms with van der Waals surface area (Å²) in [7, 11) is 0. The second kappa shape index (κ2) is 9.80. The van der Waals surface area contributed by atoms with Crippen molar-refractivity contribution in [2.75, 3.05) is 6.79 Å². The Kier molecular flexibility index (Phi) is 6.48. The lowest BCUT2D eigenvalue weighted by atomic mass is 10.1. The first kappa shape index (κ1) is 21.1. The lowest BCUT2D eigenvalue weighted by Crippen LogP contribution is -2.32. The Hall–Kier alpha value is -4.10. The molecule has 8 heteroatoms. The maximum Gasteiger partial charge on any atom is 0.287 e. The third-order valence-corrected chi connectivity index (χ3v) is 4.83. The number of hydrazone groups is 1. The van der Waals surface area contributed by atoms with Gasteiger partial charge < -0.3 is 14.8 Å². The number of halogens is 1. The Bertz CT molecular complexity index is 1190. The molecule has 3 aromatic carbocycles. The summed E-state index contributed by atoms with van der Waals surface area (Å²) in [6.45, 7) is 0.123. The minimum absolute atomic E-state index is 0.0407. The van der Waals surface area contributed by atoms with Crippen LogP contribution < -0.4 is 20.2 Å². The van der Waals surface area contributed by atoms with Crippen molar-refractivity contribution in [2.24, 2.45) is 5.10 Å². The fourth-order valence-corrected chi connectivity index (χ4v) is 3.11. The van der Waals surface area contributed by atoms with Gasteiger partial charge in [-0.05, 0) is 29.8 Å². The molecule has 2 amide bonds. The molecular weight excluding hydrogens is 430 g/mol. The first-order valence-electron chi connectivity index (χ1n) is 9.66. The topological polar surface area (TPSA) is 89.0 Å². The zero-order valence-corrected chi connectivity index (χ0v) is 17.5. The summed E-state index contributed by atoms with van der Waals surface area (Å²) >= 11 is 6.22. The average molecular weight is 448 g/mol. The van der Waals surface area contributed by atoms with Gasteiger partial charge in [0.15, 0.2) is 11.5 Å². The standard InChI is InChI=1S/C24H18ClN3O4/c25-19-13-22-21(31-15-32-22)12-18(19)14-26-28-24(30)20(11-16-7-3-1-4-8-16)27-23(29)17-9-5-2-6-10-17/h1-14H,15H2,(H,27,29)(H,28,30)/b20-11-,26-14?. The molecule has 0 atom stereocenters. The van der Waals surface area contributed by atoms with Crippen LogP contribution in [0.25, 0.3) is 6.08 Å². The average Bonchev–Trinajstić information content (AvgIpc) is 3.27. The number of hydrogen-bond donors (Lipinski definition) is 2. The van der Waals surface area contributed by atoms with E-state index in [2.05, 4.69) is 15.8 Å². The summed E-state index contributed by atoms with van der Waals surface area (Å²) in [6, 6.07) is 21.1. The van der Waals surface area contributed by atoms with Gasteiger partial charge in [-0.3, -0.25) is 9.59 Å². The number of carbonyl (C=O) groups is 2. The van der Waals surface area contributed by atoms with E-state index in [9.17, 15) is 9.59 Å². The van der Waals surface area contributed by atoms with Crippen molar-refractivity contribution in [3.8, 4) is 11.5 Å². The quantitative estimate of drug-likeness (QED) is 0.339. The summed E-state index contributed by atoms with van der Waals surface area (Å²) in [5, 5.41) is 7.02. The molecule has 0 saturated carbocycles. The van der Waals surface area contributed by atoms with Crippen LogP contribution in [0.4, 0.5) is 0 Å². The number of rotatable bonds is 6. The van der Waals surface area contributed by atoms with Gasteiger partial charge in [-0.2, -0.15) is 5.10 Å². The van der Waals surface area contributed by atoms with E-state index in [0.717, 1.165) is 5.56 Å². The van der Waals surface area contributed by atoms with Gasteiger partial charge in [0.2, 0.25) is 6.79 Å². The van der Waals surface area contributed by atoms with E-state index in [4.69, 9.17) is 21.1 Å². The smallest absolute Gasteiger partial charge is 0.287 e. The molecule has 0 fully saturated rings. The number of ether oxygens (including phenoxy) is 2. The predicted octanol–water partition coefficient (Wildman–Crippen LogP) is 3.99. The van der Waals surface area contributed by atoms with Gasteiger partial charge in [0.1, 0.15) is 5.70 Å². The molecule has 0 aromatic heterocycles. The van der Waals surface area contributed by atoms with Crippen LogP contribution in [0.1, 0.15) is 21.5 Å². The van der Waals surface area contributed by atoms with Crippen molar-refractivity contribution >= 4 is 35.7 Å². The highest BCUT2D eigenvalue weighted by atomic mass is 35.5. The highest BCUT2D eigenvalue weighted by Gasteiger charge is 2.17. The van der Waals surface area contributed by atoms with Crippen molar-refractivity contribution in [1.29, 1.82) is 0 Å². The summed E-state index contributed by atoms with van der Waals surface area (Å²) in [5.74, 6) is 0.0897. The van der Waals surface area contributed by atoms with Gasteiger partial charge in [0.25, 0.3) is 11.8 Å². The van der Waals surface area contributed by atoms with Crippen LogP contribution in [0, 0.1) is 0 Å². The van der Waals surface area contributed by atoms with Crippen molar-refractivity contribution < 1.29 is 19.1 Å². The van der Waals surface area contributed by atoms with Crippen LogP contribution in [0.15, 0.2) is 83.6 Å². The molecule has 2 N–H and O–H groups in total. The number of nitrogens with one attached hydrogen (secondary N) is 2. The van der Waals surface area contributed by atoms with E-state index in [1.807, 2.05) is 30.3 Å². The van der Waals surface area contributed by atoms with Crippen LogP contribution in [0.2, 0.25) is 5.02 Å². The van der Waals surface area contributed by atoms with E-state index >= 15 is 0 Å². The molecule has 0 unspecified atom stereocenters. The Balaban J connectivity index is 1.52. The minimum atomic E-state index is -0.591. The van der Waals surface area contributed by atoms with Crippen molar-refractivity contribution in [2.45, 2.75) is 0 Å². The van der Waals surface area contributed by atoms with E-state index in [1.54, 1.807) is 48.5 Å². The minimum Gasteiger partial charge on any atom is -0.454 e. The molecule has 0 aliphatic carbocycles. The molecular formula is C24H18ClN3O4. The second-order valence-electron chi connectivity index (χ2n) is 6.71. The summed E-state index contributed by atoms with van der Waals surface area (Å²) < 4.78 is 10.6. The van der Waals surface area contributed by atoms with Crippen molar-refractivity contribution in [1.82, 2.24) is 10.7 Å². The van der Waals surface area contributed by atoms with Crippen LogP contribution in [-0.4, -0.2) is 24.8 Å². The fraction of sp³-hybridized carbons (Fsp3) is 0.0417. The SMILES string of the molecule is O=C(NN=Cc1cc2c(cc1Cl)OCO2)/C(=C/c1ccccc1)NC(=O)c1ccccc1. The summed E-state index contributed by atoms with van der Waals surface area (Å²) in [4.78, 5) is 25.4. The van der Waals surface area contributed by atoms with Crippen LogP contribution in [-0.2, 0) is 4.79 Å².